The van der Waals surface area contributed by atoms with Crippen LogP contribution in [0.4, 0.5) is 0 Å². The van der Waals surface area contributed by atoms with Crippen molar-refractivity contribution < 1.29 is 9.90 Å². The standard InChI is InChI=1S/C15H21ClN2O2/c1-6-14(9-7-11(2)16)13(4)18(5)17-12(3)8-10-15(19)20/h6-7,9H,1,4,8,10H2,2-3,5H3,(H,19,20)/b11-7+,14-9+,17-12+. The van der Waals surface area contributed by atoms with E-state index in [1.54, 1.807) is 44.1 Å². The van der Waals surface area contributed by atoms with Gasteiger partial charge >= 0.3 is 5.97 Å². The predicted molar refractivity (Wildman–Crippen MR) is 84.8 cm³/mol. The summed E-state index contributed by atoms with van der Waals surface area (Å²) in [6, 6.07) is 0. The van der Waals surface area contributed by atoms with Crippen LogP contribution < -0.4 is 0 Å². The van der Waals surface area contributed by atoms with E-state index in [4.69, 9.17) is 16.7 Å². The van der Waals surface area contributed by atoms with E-state index in [2.05, 4.69) is 18.3 Å². The molecule has 0 aliphatic carbocycles. The second kappa shape index (κ2) is 9.15. The van der Waals surface area contributed by atoms with E-state index in [0.29, 0.717) is 17.2 Å². The Hall–Kier alpha value is -1.81. The molecule has 4 nitrogen and oxygen atoms in total. The number of carbonyl (C=O) groups is 1. The number of carboxylic acids is 1. The van der Waals surface area contributed by atoms with Gasteiger partial charge < -0.3 is 5.11 Å². The van der Waals surface area contributed by atoms with Gasteiger partial charge in [-0.05, 0) is 31.9 Å². The van der Waals surface area contributed by atoms with Gasteiger partial charge in [-0.25, -0.2) is 0 Å². The number of hydrazone groups is 1. The first kappa shape index (κ1) is 18.2. The largest absolute Gasteiger partial charge is 0.481 e. The highest BCUT2D eigenvalue weighted by molar-refractivity contribution is 6.29. The monoisotopic (exact) mass is 296 g/mol. The Morgan fingerprint density at radius 1 is 1.35 bits per heavy atom. The third kappa shape index (κ3) is 7.59. The van der Waals surface area contributed by atoms with Crippen LogP contribution in [0, 0.1) is 0 Å². The predicted octanol–water partition coefficient (Wildman–Crippen LogP) is 3.93. The third-order valence-corrected chi connectivity index (χ3v) is 2.58. The molecule has 0 atom stereocenters. The number of halogens is 1. The SMILES string of the molecule is C=C/C(=C\C=C(/C)Cl)C(=C)N(C)/N=C(\C)CCC(=O)O. The summed E-state index contributed by atoms with van der Waals surface area (Å²) in [4.78, 5) is 10.5. The van der Waals surface area contributed by atoms with Crippen molar-refractivity contribution in [2.75, 3.05) is 7.05 Å². The molecular formula is C15H21ClN2O2. The maximum absolute atomic E-state index is 10.5. The summed E-state index contributed by atoms with van der Waals surface area (Å²) in [7, 11) is 1.75. The van der Waals surface area contributed by atoms with Crippen LogP contribution in [0.5, 0.6) is 0 Å². The van der Waals surface area contributed by atoms with Crippen molar-refractivity contribution >= 4 is 23.3 Å². The number of allylic oxidation sites excluding steroid dienone is 4. The number of hydrogen-bond donors (Lipinski definition) is 1. The molecule has 5 heteroatoms. The van der Waals surface area contributed by atoms with Gasteiger partial charge in [-0.15, -0.1) is 0 Å². The van der Waals surface area contributed by atoms with Crippen molar-refractivity contribution in [3.8, 4) is 0 Å². The molecule has 0 saturated carbocycles. The van der Waals surface area contributed by atoms with Gasteiger partial charge in [0.15, 0.2) is 0 Å². The van der Waals surface area contributed by atoms with Gasteiger partial charge in [-0.1, -0.05) is 36.9 Å². The Morgan fingerprint density at radius 3 is 2.40 bits per heavy atom. The van der Waals surface area contributed by atoms with E-state index >= 15 is 0 Å². The van der Waals surface area contributed by atoms with Crippen molar-refractivity contribution in [2.45, 2.75) is 26.7 Å². The van der Waals surface area contributed by atoms with E-state index in [1.165, 1.54) is 0 Å². The Balaban J connectivity index is 4.87. The molecule has 0 bridgehead atoms. The molecule has 0 rings (SSSR count). The maximum atomic E-state index is 10.5. The molecule has 0 aromatic rings. The minimum atomic E-state index is -0.838. The van der Waals surface area contributed by atoms with E-state index in [1.807, 2.05) is 0 Å². The zero-order chi connectivity index (χ0) is 15.7. The molecule has 0 saturated heterocycles. The van der Waals surface area contributed by atoms with Crippen LogP contribution in [0.2, 0.25) is 0 Å². The number of aliphatic carboxylic acids is 1. The molecule has 0 aromatic carbocycles. The second-order valence-electron chi connectivity index (χ2n) is 4.28. The van der Waals surface area contributed by atoms with Crippen molar-refractivity contribution in [1.29, 1.82) is 0 Å². The Kier molecular flexibility index (Phi) is 8.32. The fourth-order valence-corrected chi connectivity index (χ4v) is 1.39. The first-order chi connectivity index (χ1) is 9.27. The van der Waals surface area contributed by atoms with Crippen molar-refractivity contribution in [2.24, 2.45) is 5.10 Å². The minimum absolute atomic E-state index is 0.0635. The van der Waals surface area contributed by atoms with Crippen LogP contribution >= 0.6 is 11.6 Å². The van der Waals surface area contributed by atoms with Gasteiger partial charge in [0.25, 0.3) is 0 Å². The van der Waals surface area contributed by atoms with Gasteiger partial charge in [0, 0.05) is 17.8 Å². The summed E-state index contributed by atoms with van der Waals surface area (Å²) in [5, 5.41) is 15.2. The van der Waals surface area contributed by atoms with Crippen LogP contribution in [0.3, 0.4) is 0 Å². The van der Waals surface area contributed by atoms with Crippen LogP contribution in [0.25, 0.3) is 0 Å². The molecule has 0 aliphatic heterocycles. The normalized spacial score (nSPS) is 13.1. The summed E-state index contributed by atoms with van der Waals surface area (Å²) in [5.41, 5.74) is 2.18. The summed E-state index contributed by atoms with van der Waals surface area (Å²) >= 11 is 5.77. The number of rotatable bonds is 8. The van der Waals surface area contributed by atoms with Gasteiger partial charge in [-0.2, -0.15) is 5.10 Å². The lowest BCUT2D eigenvalue weighted by Crippen LogP contribution is -2.14. The molecule has 1 N–H and O–H groups in total. The maximum Gasteiger partial charge on any atom is 0.303 e. The van der Waals surface area contributed by atoms with Gasteiger partial charge in [0.05, 0.1) is 12.1 Å². The molecule has 110 valence electrons. The Bertz CT molecular complexity index is 472. The zero-order valence-electron chi connectivity index (χ0n) is 12.2. The highest BCUT2D eigenvalue weighted by Gasteiger charge is 2.05. The quantitative estimate of drug-likeness (QED) is 0.419. The zero-order valence-corrected chi connectivity index (χ0v) is 12.9. The minimum Gasteiger partial charge on any atom is -0.481 e. The fraction of sp³-hybridized carbons (Fsp3) is 0.333. The molecule has 0 radical (unpaired) electrons. The van der Waals surface area contributed by atoms with Gasteiger partial charge in [0.2, 0.25) is 0 Å². The molecule has 0 spiro atoms. The molecule has 0 fully saturated rings. The third-order valence-electron chi connectivity index (χ3n) is 2.46. The van der Waals surface area contributed by atoms with Crippen LogP contribution in [0.1, 0.15) is 26.7 Å². The number of likely N-dealkylation sites (N-methyl/N-ethyl adjacent to an activating group) is 1. The van der Waals surface area contributed by atoms with Crippen molar-refractivity contribution in [3.05, 3.63) is 47.7 Å². The summed E-state index contributed by atoms with van der Waals surface area (Å²) in [6.45, 7) is 11.2. The smallest absolute Gasteiger partial charge is 0.303 e. The molecular weight excluding hydrogens is 276 g/mol. The lowest BCUT2D eigenvalue weighted by Gasteiger charge is -2.18. The van der Waals surface area contributed by atoms with Crippen LogP contribution in [-0.4, -0.2) is 28.8 Å². The molecule has 0 heterocycles. The first-order valence-corrected chi connectivity index (χ1v) is 6.51. The highest BCUT2D eigenvalue weighted by atomic mass is 35.5. The molecule has 0 aliphatic rings. The van der Waals surface area contributed by atoms with Gasteiger partial charge in [-0.3, -0.25) is 9.80 Å². The average molecular weight is 297 g/mol. The van der Waals surface area contributed by atoms with E-state index in [-0.39, 0.29) is 6.42 Å². The van der Waals surface area contributed by atoms with E-state index in [9.17, 15) is 4.79 Å². The average Bonchev–Trinajstić information content (AvgIpc) is 2.36. The summed E-state index contributed by atoms with van der Waals surface area (Å²) in [5.74, 6) is -0.838. The Labute approximate surface area is 125 Å². The summed E-state index contributed by atoms with van der Waals surface area (Å²) < 4.78 is 0. The molecule has 0 aromatic heterocycles. The van der Waals surface area contributed by atoms with Crippen molar-refractivity contribution in [3.63, 3.8) is 0 Å². The lowest BCUT2D eigenvalue weighted by molar-refractivity contribution is -0.136. The highest BCUT2D eigenvalue weighted by Crippen LogP contribution is 2.15. The van der Waals surface area contributed by atoms with Crippen LogP contribution in [0.15, 0.2) is 52.8 Å². The molecule has 0 unspecified atom stereocenters. The topological polar surface area (TPSA) is 52.9 Å². The van der Waals surface area contributed by atoms with Crippen molar-refractivity contribution in [1.82, 2.24) is 5.01 Å². The van der Waals surface area contributed by atoms with E-state index in [0.717, 1.165) is 11.3 Å². The van der Waals surface area contributed by atoms with Gasteiger partial charge in [0.1, 0.15) is 0 Å². The number of hydrogen-bond acceptors (Lipinski definition) is 3. The second-order valence-corrected chi connectivity index (χ2v) is 4.88. The fourth-order valence-electron chi connectivity index (χ4n) is 1.33. The molecule has 20 heavy (non-hydrogen) atoms. The summed E-state index contributed by atoms with van der Waals surface area (Å²) in [6.07, 6.45) is 5.68. The molecule has 0 amide bonds. The number of carboxylic acid groups (broad SMARTS) is 1. The van der Waals surface area contributed by atoms with E-state index < -0.39 is 5.97 Å². The number of nitrogens with zero attached hydrogens (tertiary/aromatic N) is 2. The Morgan fingerprint density at radius 2 is 1.95 bits per heavy atom. The van der Waals surface area contributed by atoms with Crippen LogP contribution in [-0.2, 0) is 4.79 Å². The lowest BCUT2D eigenvalue weighted by atomic mass is 10.2. The first-order valence-electron chi connectivity index (χ1n) is 6.13.